The highest BCUT2D eigenvalue weighted by atomic mass is 19.4. The Hall–Kier alpha value is -4.23. The summed E-state index contributed by atoms with van der Waals surface area (Å²) in [6.07, 6.45) is -0.261. The molecule has 0 spiro atoms. The largest absolute Gasteiger partial charge is 0.493 e. The molecule has 1 fully saturated rings. The molecule has 4 aromatic rings. The molecule has 39 heavy (non-hydrogen) atoms. The number of benzene rings is 1. The first-order valence-corrected chi connectivity index (χ1v) is 12.5. The van der Waals surface area contributed by atoms with Gasteiger partial charge in [0.2, 0.25) is 0 Å². The number of unbranched alkanes of at least 4 members (excludes halogenated alkanes) is 2. The molecule has 1 saturated carbocycles. The number of aromatic nitrogens is 7. The second kappa shape index (κ2) is 10.9. The molecule has 206 valence electrons. The fourth-order valence-corrected chi connectivity index (χ4v) is 4.22. The molecule has 3 aromatic heterocycles. The van der Waals surface area contributed by atoms with Crippen LogP contribution in [-0.2, 0) is 6.54 Å². The molecule has 0 radical (unpaired) electrons. The van der Waals surface area contributed by atoms with Crippen LogP contribution in [0.4, 0.5) is 17.6 Å². The molecule has 0 bridgehead atoms. The predicted molar refractivity (Wildman–Crippen MR) is 132 cm³/mol. The third-order valence-corrected chi connectivity index (χ3v) is 6.35. The van der Waals surface area contributed by atoms with Crippen molar-refractivity contribution >= 4 is 0 Å². The van der Waals surface area contributed by atoms with Crippen LogP contribution in [0.1, 0.15) is 38.5 Å². The molecule has 5 rings (SSSR count). The van der Waals surface area contributed by atoms with Gasteiger partial charge in [-0.1, -0.05) is 0 Å². The SMILES string of the molecule is O=c1[nH]c(-c2ccc(OCCCCCC(F)(F)F)cc2F)cc(-c2ccn(CC3CC3)n2)c1-n1nn[nH]c1=O. The Labute approximate surface area is 218 Å². The maximum atomic E-state index is 15.1. The second-order valence-corrected chi connectivity index (χ2v) is 9.47. The number of hydrogen-bond donors (Lipinski definition) is 2. The summed E-state index contributed by atoms with van der Waals surface area (Å²) in [4.78, 5) is 28.0. The van der Waals surface area contributed by atoms with Gasteiger partial charge in [-0.2, -0.15) is 23.0 Å². The summed E-state index contributed by atoms with van der Waals surface area (Å²) in [6, 6.07) is 7.30. The quantitative estimate of drug-likeness (QED) is 0.214. The van der Waals surface area contributed by atoms with Gasteiger partial charge in [-0.05, 0) is 72.7 Å². The molecule has 1 aliphatic rings. The molecule has 2 N–H and O–H groups in total. The summed E-state index contributed by atoms with van der Waals surface area (Å²) in [5.41, 5.74) is -0.658. The van der Waals surface area contributed by atoms with Crippen molar-refractivity contribution in [3.63, 3.8) is 0 Å². The van der Waals surface area contributed by atoms with E-state index < -0.39 is 29.7 Å². The van der Waals surface area contributed by atoms with E-state index in [4.69, 9.17) is 4.74 Å². The molecule has 0 aliphatic heterocycles. The zero-order chi connectivity index (χ0) is 27.6. The van der Waals surface area contributed by atoms with Crippen LogP contribution >= 0.6 is 0 Å². The average Bonchev–Trinajstić information content (AvgIpc) is 3.39. The van der Waals surface area contributed by atoms with Crippen molar-refractivity contribution in [2.24, 2.45) is 5.92 Å². The summed E-state index contributed by atoms with van der Waals surface area (Å²) in [7, 11) is 0. The Balaban J connectivity index is 1.39. The number of H-pyrrole nitrogens is 2. The van der Waals surface area contributed by atoms with E-state index in [0.29, 0.717) is 24.5 Å². The first-order valence-electron chi connectivity index (χ1n) is 12.5. The maximum Gasteiger partial charge on any atom is 0.389 e. The Morgan fingerprint density at radius 2 is 1.87 bits per heavy atom. The van der Waals surface area contributed by atoms with Crippen LogP contribution in [0, 0.1) is 11.7 Å². The van der Waals surface area contributed by atoms with Crippen molar-refractivity contribution in [1.29, 1.82) is 0 Å². The van der Waals surface area contributed by atoms with Gasteiger partial charge >= 0.3 is 11.9 Å². The smallest absolute Gasteiger partial charge is 0.389 e. The van der Waals surface area contributed by atoms with Crippen molar-refractivity contribution < 1.29 is 22.3 Å². The van der Waals surface area contributed by atoms with Crippen LogP contribution in [0.5, 0.6) is 5.75 Å². The highest BCUT2D eigenvalue weighted by Crippen LogP contribution is 2.32. The summed E-state index contributed by atoms with van der Waals surface area (Å²) >= 11 is 0. The Bertz CT molecular complexity index is 1570. The monoisotopic (exact) mass is 547 g/mol. The number of alkyl halides is 3. The standard InChI is InChI=1S/C25H25F4N7O3/c26-19-12-16(39-11-3-1-2-9-25(27,28)29)6-7-17(19)21-13-18(20-8-10-35(32-20)14-15-4-5-15)22(23(37)30-21)36-24(38)31-33-34-36/h6-8,10,12-13,15H,1-5,9,11,14H2,(H,30,37)(H,31,34,38). The van der Waals surface area contributed by atoms with Gasteiger partial charge in [0.25, 0.3) is 5.56 Å². The topological polar surface area (TPSA) is 123 Å². The molecule has 0 atom stereocenters. The minimum absolute atomic E-state index is 0.00509. The molecule has 1 aliphatic carbocycles. The number of nitrogens with zero attached hydrogens (tertiary/aromatic N) is 5. The van der Waals surface area contributed by atoms with Crippen LogP contribution in [-0.4, -0.2) is 47.8 Å². The Kier molecular flexibility index (Phi) is 7.35. The molecule has 0 unspecified atom stereocenters. The number of nitrogens with one attached hydrogen (secondary N) is 2. The zero-order valence-corrected chi connectivity index (χ0v) is 20.7. The fraction of sp³-hybridized carbons (Fsp3) is 0.400. The van der Waals surface area contributed by atoms with Gasteiger partial charge in [0.15, 0.2) is 0 Å². The molecule has 10 nitrogen and oxygen atoms in total. The maximum absolute atomic E-state index is 15.1. The molecule has 1 aromatic carbocycles. The van der Waals surface area contributed by atoms with E-state index >= 15 is 4.39 Å². The van der Waals surface area contributed by atoms with Gasteiger partial charge in [0.1, 0.15) is 17.3 Å². The number of rotatable bonds is 11. The molecular formula is C25H25F4N7O3. The highest BCUT2D eigenvalue weighted by molar-refractivity contribution is 5.75. The van der Waals surface area contributed by atoms with Gasteiger partial charge in [0.05, 0.1) is 18.0 Å². The van der Waals surface area contributed by atoms with Crippen LogP contribution < -0.4 is 16.0 Å². The fourth-order valence-electron chi connectivity index (χ4n) is 4.22. The summed E-state index contributed by atoms with van der Waals surface area (Å²) in [5, 5.41) is 13.9. The van der Waals surface area contributed by atoms with Gasteiger partial charge in [-0.25, -0.2) is 14.3 Å². The van der Waals surface area contributed by atoms with Gasteiger partial charge < -0.3 is 9.72 Å². The molecule has 14 heteroatoms. The number of tetrazole rings is 1. The third-order valence-electron chi connectivity index (χ3n) is 6.35. The van der Waals surface area contributed by atoms with E-state index in [1.165, 1.54) is 18.2 Å². The summed E-state index contributed by atoms with van der Waals surface area (Å²) < 4.78 is 59.9. The minimum Gasteiger partial charge on any atom is -0.493 e. The van der Waals surface area contributed by atoms with E-state index in [1.807, 2.05) is 0 Å². The van der Waals surface area contributed by atoms with E-state index in [2.05, 4.69) is 25.6 Å². The lowest BCUT2D eigenvalue weighted by molar-refractivity contribution is -0.135. The van der Waals surface area contributed by atoms with Crippen molar-refractivity contribution in [2.45, 2.75) is 51.2 Å². The molecule has 0 saturated heterocycles. The van der Waals surface area contributed by atoms with E-state index in [9.17, 15) is 22.8 Å². The number of aromatic amines is 2. The summed E-state index contributed by atoms with van der Waals surface area (Å²) in [6.45, 7) is 0.871. The van der Waals surface area contributed by atoms with Gasteiger partial charge in [-0.15, -0.1) is 0 Å². The van der Waals surface area contributed by atoms with E-state index in [0.717, 1.165) is 30.1 Å². The van der Waals surface area contributed by atoms with Crippen molar-refractivity contribution in [2.75, 3.05) is 6.61 Å². The van der Waals surface area contributed by atoms with Crippen molar-refractivity contribution in [3.8, 4) is 34.0 Å². The summed E-state index contributed by atoms with van der Waals surface area (Å²) in [5.74, 6) is 0.0795. The lowest BCUT2D eigenvalue weighted by atomic mass is 10.1. The van der Waals surface area contributed by atoms with Crippen LogP contribution in [0.15, 0.2) is 46.1 Å². The van der Waals surface area contributed by atoms with Gasteiger partial charge in [0, 0.05) is 36.4 Å². The molecular weight excluding hydrogens is 522 g/mol. The average molecular weight is 548 g/mol. The first-order chi connectivity index (χ1) is 18.7. The number of pyridine rings is 1. The number of hydrogen-bond acceptors (Lipinski definition) is 6. The van der Waals surface area contributed by atoms with Crippen LogP contribution in [0.3, 0.4) is 0 Å². The Morgan fingerprint density at radius 3 is 2.56 bits per heavy atom. The second-order valence-electron chi connectivity index (χ2n) is 9.47. The third kappa shape index (κ3) is 6.44. The number of ether oxygens (including phenoxy) is 1. The number of halogens is 4. The van der Waals surface area contributed by atoms with Crippen molar-refractivity contribution in [1.82, 2.24) is 35.0 Å². The van der Waals surface area contributed by atoms with Gasteiger partial charge in [-0.3, -0.25) is 9.48 Å². The molecule has 3 heterocycles. The van der Waals surface area contributed by atoms with Crippen LogP contribution in [0.25, 0.3) is 28.2 Å². The normalized spacial score (nSPS) is 13.6. The lowest BCUT2D eigenvalue weighted by Crippen LogP contribution is -2.25. The minimum atomic E-state index is -4.18. The lowest BCUT2D eigenvalue weighted by Gasteiger charge is -2.11. The van der Waals surface area contributed by atoms with Crippen molar-refractivity contribution in [3.05, 3.63) is 63.2 Å². The zero-order valence-electron chi connectivity index (χ0n) is 20.7. The predicted octanol–water partition coefficient (Wildman–Crippen LogP) is 4.23. The highest BCUT2D eigenvalue weighted by Gasteiger charge is 2.26. The Morgan fingerprint density at radius 1 is 1.05 bits per heavy atom. The van der Waals surface area contributed by atoms with E-state index in [1.54, 1.807) is 16.9 Å². The van der Waals surface area contributed by atoms with Crippen LogP contribution in [0.2, 0.25) is 0 Å². The first kappa shape index (κ1) is 26.4. The molecule has 0 amide bonds. The van der Waals surface area contributed by atoms with E-state index in [-0.39, 0.29) is 41.3 Å².